The third-order valence-corrected chi connectivity index (χ3v) is 6.14. The van der Waals surface area contributed by atoms with Crippen molar-refractivity contribution >= 4 is 38.5 Å². The van der Waals surface area contributed by atoms with E-state index in [1.54, 1.807) is 56.5 Å². The molecule has 0 aliphatic heterocycles. The van der Waals surface area contributed by atoms with E-state index in [1.807, 2.05) is 24.3 Å². The highest BCUT2D eigenvalue weighted by Gasteiger charge is 2.18. The predicted octanol–water partition coefficient (Wildman–Crippen LogP) is 5.61. The minimum atomic E-state index is -0.517. The minimum absolute atomic E-state index is 0.171. The maximum atomic E-state index is 13.2. The fourth-order valence-electron chi connectivity index (χ4n) is 3.47. The number of fused-ring (bicyclic) bond motifs is 2. The molecule has 0 N–H and O–H groups in total. The Morgan fingerprint density at radius 2 is 1.75 bits per heavy atom. The minimum Gasteiger partial charge on any atom is -0.497 e. The van der Waals surface area contributed by atoms with E-state index in [4.69, 9.17) is 13.9 Å². The highest BCUT2D eigenvalue weighted by molar-refractivity contribution is 7.21. The summed E-state index contributed by atoms with van der Waals surface area (Å²) in [6.07, 6.45) is 0. The summed E-state index contributed by atoms with van der Waals surface area (Å²) in [7, 11) is 1.56. The molecule has 0 amide bonds. The smallest absolute Gasteiger partial charge is 0.343 e. The molecule has 2 aromatic heterocycles. The molecule has 6 nitrogen and oxygen atoms in total. The molecule has 0 spiro atoms. The first-order valence-corrected chi connectivity index (χ1v) is 10.6. The van der Waals surface area contributed by atoms with Crippen LogP contribution in [0, 0.1) is 6.92 Å². The van der Waals surface area contributed by atoms with Crippen LogP contribution in [0.15, 0.2) is 75.9 Å². The average Bonchev–Trinajstić information content (AvgIpc) is 3.22. The van der Waals surface area contributed by atoms with Crippen LogP contribution in [-0.2, 0) is 0 Å². The largest absolute Gasteiger partial charge is 0.497 e. The lowest BCUT2D eigenvalue weighted by atomic mass is 10.1. The quantitative estimate of drug-likeness (QED) is 0.266. The highest BCUT2D eigenvalue weighted by atomic mass is 32.1. The van der Waals surface area contributed by atoms with Crippen LogP contribution in [0.25, 0.3) is 31.8 Å². The van der Waals surface area contributed by atoms with Gasteiger partial charge in [-0.25, -0.2) is 9.78 Å². The lowest BCUT2D eigenvalue weighted by Gasteiger charge is -2.08. The van der Waals surface area contributed by atoms with E-state index in [1.165, 1.54) is 11.3 Å². The van der Waals surface area contributed by atoms with E-state index < -0.39 is 5.97 Å². The normalized spacial score (nSPS) is 11.1. The van der Waals surface area contributed by atoms with Gasteiger partial charge in [-0.2, -0.15) is 0 Å². The van der Waals surface area contributed by atoms with Crippen molar-refractivity contribution in [2.75, 3.05) is 7.11 Å². The fraction of sp³-hybridized carbons (Fsp3) is 0.0800. The van der Waals surface area contributed by atoms with Gasteiger partial charge in [-0.1, -0.05) is 12.1 Å². The number of aryl methyl sites for hydroxylation is 1. The Hall–Kier alpha value is -3.97. The molecule has 158 valence electrons. The Morgan fingerprint density at radius 3 is 2.50 bits per heavy atom. The van der Waals surface area contributed by atoms with Crippen LogP contribution in [0.3, 0.4) is 0 Å². The molecule has 3 aromatic carbocycles. The lowest BCUT2D eigenvalue weighted by Crippen LogP contribution is -2.10. The molecule has 0 unspecified atom stereocenters. The summed E-state index contributed by atoms with van der Waals surface area (Å²) in [4.78, 5) is 30.3. The molecule has 2 heterocycles. The number of methoxy groups -OCH3 is 1. The summed E-state index contributed by atoms with van der Waals surface area (Å²) < 4.78 is 17.5. The second-order valence-electron chi connectivity index (χ2n) is 7.13. The Labute approximate surface area is 186 Å². The Morgan fingerprint density at radius 1 is 1.00 bits per heavy atom. The molecule has 0 saturated carbocycles. The maximum absolute atomic E-state index is 13.2. The molecule has 0 aliphatic carbocycles. The fourth-order valence-corrected chi connectivity index (χ4v) is 4.52. The predicted molar refractivity (Wildman–Crippen MR) is 124 cm³/mol. The summed E-state index contributed by atoms with van der Waals surface area (Å²) in [5.41, 5.74) is 1.84. The molecule has 0 bridgehead atoms. The molecule has 5 aromatic rings. The van der Waals surface area contributed by atoms with Crippen LogP contribution >= 0.6 is 11.3 Å². The van der Waals surface area contributed by atoms with Crippen molar-refractivity contribution in [1.82, 2.24) is 4.98 Å². The number of rotatable bonds is 4. The number of carbonyl (C=O) groups excluding carboxylic acids is 1. The summed E-state index contributed by atoms with van der Waals surface area (Å²) in [6.45, 7) is 1.73. The number of ether oxygens (including phenoxy) is 2. The van der Waals surface area contributed by atoms with Gasteiger partial charge in [-0.05, 0) is 55.5 Å². The summed E-state index contributed by atoms with van der Waals surface area (Å²) in [6, 6.07) is 19.1. The monoisotopic (exact) mass is 443 g/mol. The number of para-hydroxylation sites is 1. The SMILES string of the molecule is COc1ccc(C(=O)Oc2ccc3c(=O)c(-c4nc5ccccc5s4)c(C)oc3c2)cc1. The van der Waals surface area contributed by atoms with Crippen molar-refractivity contribution < 1.29 is 18.7 Å². The van der Waals surface area contributed by atoms with Crippen LogP contribution < -0.4 is 14.9 Å². The zero-order valence-corrected chi connectivity index (χ0v) is 18.1. The van der Waals surface area contributed by atoms with Crippen molar-refractivity contribution in [2.24, 2.45) is 0 Å². The van der Waals surface area contributed by atoms with Gasteiger partial charge in [0.05, 0.1) is 33.8 Å². The molecule has 0 saturated heterocycles. The van der Waals surface area contributed by atoms with Gasteiger partial charge in [0.2, 0.25) is 5.43 Å². The first-order chi connectivity index (χ1) is 15.5. The Bertz CT molecular complexity index is 1500. The molecular weight excluding hydrogens is 426 g/mol. The second-order valence-corrected chi connectivity index (χ2v) is 8.16. The van der Waals surface area contributed by atoms with Crippen LogP contribution in [0.4, 0.5) is 0 Å². The molecule has 0 fully saturated rings. The summed E-state index contributed by atoms with van der Waals surface area (Å²) in [5, 5.41) is 1.02. The number of benzene rings is 3. The molecule has 32 heavy (non-hydrogen) atoms. The van der Waals surface area contributed by atoms with E-state index in [0.29, 0.717) is 38.6 Å². The first kappa shape index (κ1) is 20.0. The third kappa shape index (κ3) is 3.52. The third-order valence-electron chi connectivity index (χ3n) is 5.08. The van der Waals surface area contributed by atoms with Crippen molar-refractivity contribution in [1.29, 1.82) is 0 Å². The number of hydrogen-bond acceptors (Lipinski definition) is 7. The zero-order valence-electron chi connectivity index (χ0n) is 17.2. The average molecular weight is 443 g/mol. The van der Waals surface area contributed by atoms with Gasteiger partial charge < -0.3 is 13.9 Å². The van der Waals surface area contributed by atoms with Crippen molar-refractivity contribution in [2.45, 2.75) is 6.92 Å². The van der Waals surface area contributed by atoms with E-state index in [2.05, 4.69) is 4.98 Å². The Kier molecular flexibility index (Phi) is 4.95. The van der Waals surface area contributed by atoms with Crippen LogP contribution in [-0.4, -0.2) is 18.1 Å². The van der Waals surface area contributed by atoms with E-state index in [0.717, 1.165) is 10.2 Å². The molecule has 0 aliphatic rings. The van der Waals surface area contributed by atoms with Gasteiger partial charge in [0, 0.05) is 6.07 Å². The number of hydrogen-bond donors (Lipinski definition) is 0. The topological polar surface area (TPSA) is 78.6 Å². The maximum Gasteiger partial charge on any atom is 0.343 e. The number of nitrogens with zero attached hydrogens (tertiary/aromatic N) is 1. The molecule has 0 atom stereocenters. The van der Waals surface area contributed by atoms with Gasteiger partial charge in [0.15, 0.2) is 0 Å². The van der Waals surface area contributed by atoms with Crippen LogP contribution in [0.5, 0.6) is 11.5 Å². The summed E-state index contributed by atoms with van der Waals surface area (Å²) in [5.74, 6) is 0.874. The van der Waals surface area contributed by atoms with Gasteiger partial charge in [0.25, 0.3) is 0 Å². The Balaban J connectivity index is 1.50. The highest BCUT2D eigenvalue weighted by Crippen LogP contribution is 2.32. The van der Waals surface area contributed by atoms with Gasteiger partial charge in [0.1, 0.15) is 27.8 Å². The number of esters is 1. The van der Waals surface area contributed by atoms with E-state index in [9.17, 15) is 9.59 Å². The number of carbonyl (C=O) groups is 1. The van der Waals surface area contributed by atoms with Gasteiger partial charge in [-0.15, -0.1) is 11.3 Å². The van der Waals surface area contributed by atoms with Crippen molar-refractivity contribution in [3.05, 3.63) is 88.3 Å². The lowest BCUT2D eigenvalue weighted by molar-refractivity contribution is 0.0735. The first-order valence-electron chi connectivity index (χ1n) is 9.83. The van der Waals surface area contributed by atoms with E-state index >= 15 is 0 Å². The van der Waals surface area contributed by atoms with Crippen molar-refractivity contribution in [3.63, 3.8) is 0 Å². The van der Waals surface area contributed by atoms with Crippen molar-refractivity contribution in [3.8, 4) is 22.1 Å². The second kappa shape index (κ2) is 7.94. The number of thiazole rings is 1. The molecule has 7 heteroatoms. The van der Waals surface area contributed by atoms with Gasteiger partial charge >= 0.3 is 5.97 Å². The van der Waals surface area contributed by atoms with Gasteiger partial charge in [-0.3, -0.25) is 4.79 Å². The zero-order chi connectivity index (χ0) is 22.2. The summed E-state index contributed by atoms with van der Waals surface area (Å²) >= 11 is 1.45. The van der Waals surface area contributed by atoms with Crippen LogP contribution in [0.2, 0.25) is 0 Å². The van der Waals surface area contributed by atoms with Crippen LogP contribution in [0.1, 0.15) is 16.1 Å². The standard InChI is InChI=1S/C25H17NO5S/c1-14-22(24-26-19-5-3-4-6-21(19)32-24)23(27)18-12-11-17(13-20(18)30-14)31-25(28)15-7-9-16(29-2)10-8-15/h3-13H,1-2H3. The number of aromatic nitrogens is 1. The van der Waals surface area contributed by atoms with E-state index in [-0.39, 0.29) is 11.2 Å². The molecule has 0 radical (unpaired) electrons. The molecule has 5 rings (SSSR count). The molecular formula is C25H17NO5S.